The molecule has 0 saturated carbocycles. The Balaban J connectivity index is 1.86. The molecule has 1 atom stereocenters. The first-order valence-electron chi connectivity index (χ1n) is 12.1. The van der Waals surface area contributed by atoms with Crippen LogP contribution in [0.15, 0.2) is 78.9 Å². The van der Waals surface area contributed by atoms with Gasteiger partial charge in [-0.2, -0.15) is 0 Å². The van der Waals surface area contributed by atoms with Gasteiger partial charge in [-0.1, -0.05) is 60.7 Å². The summed E-state index contributed by atoms with van der Waals surface area (Å²) >= 11 is 0. The molecule has 0 unspecified atom stereocenters. The van der Waals surface area contributed by atoms with Crippen molar-refractivity contribution in [2.24, 2.45) is 0 Å². The van der Waals surface area contributed by atoms with E-state index in [0.717, 1.165) is 22.2 Å². The summed E-state index contributed by atoms with van der Waals surface area (Å²) in [5.41, 5.74) is 0.945. The van der Waals surface area contributed by atoms with Gasteiger partial charge in [-0.15, -0.1) is 0 Å². The van der Waals surface area contributed by atoms with Gasteiger partial charge in [0.05, 0.1) is 11.9 Å². The number of nitrogens with one attached hydrogen (secondary N) is 1. The zero-order chi connectivity index (χ0) is 27.7. The molecule has 7 nitrogen and oxygen atoms in total. The fourth-order valence-electron chi connectivity index (χ4n) is 4.17. The molecule has 38 heavy (non-hydrogen) atoms. The second-order valence-corrected chi connectivity index (χ2v) is 10.7. The molecule has 0 aliphatic rings. The number of likely N-dealkylation sites (N-methyl/N-ethyl adjacent to an activating group) is 1. The van der Waals surface area contributed by atoms with Crippen LogP contribution in [0.5, 0.6) is 0 Å². The number of para-hydroxylation sites is 1. The number of sulfonamides is 1. The topological polar surface area (TPSA) is 86.8 Å². The van der Waals surface area contributed by atoms with E-state index in [9.17, 15) is 26.8 Å². The summed E-state index contributed by atoms with van der Waals surface area (Å²) in [6.45, 7) is -0.304. The Hall–Kier alpha value is -3.79. The maximum absolute atomic E-state index is 14.6. The fourth-order valence-corrected chi connectivity index (χ4v) is 5.13. The zero-order valence-electron chi connectivity index (χ0n) is 21.3. The van der Waals surface area contributed by atoms with Gasteiger partial charge in [-0.05, 0) is 30.2 Å². The molecule has 3 aromatic carbocycles. The Morgan fingerprint density at radius 1 is 0.895 bits per heavy atom. The maximum Gasteiger partial charge on any atom is 0.242 e. The third kappa shape index (κ3) is 7.61. The summed E-state index contributed by atoms with van der Waals surface area (Å²) < 4.78 is 54.6. The molecule has 0 aliphatic carbocycles. The van der Waals surface area contributed by atoms with Crippen molar-refractivity contribution in [3.63, 3.8) is 0 Å². The molecular formula is C28H31F2N3O4S. The minimum Gasteiger partial charge on any atom is -0.357 e. The van der Waals surface area contributed by atoms with E-state index in [-0.39, 0.29) is 43.6 Å². The van der Waals surface area contributed by atoms with Crippen LogP contribution >= 0.6 is 0 Å². The lowest BCUT2D eigenvalue weighted by molar-refractivity contribution is -0.141. The molecule has 0 saturated heterocycles. The van der Waals surface area contributed by atoms with E-state index in [1.54, 1.807) is 12.1 Å². The second kappa shape index (κ2) is 13.1. The number of hydrogen-bond donors (Lipinski definition) is 1. The standard InChI is InChI=1S/C28H31F2N3O4S/c1-31-28(35)26(19-21-11-4-3-5-12-21)32(20-22-13-6-7-14-23(22)29)27(34)17-10-18-33(38(2,36)37)25-16-9-8-15-24(25)30/h3-9,11-16,26H,10,17-20H2,1-2H3,(H,31,35)/t26-/m1/s1. The van der Waals surface area contributed by atoms with Gasteiger partial charge in [0.2, 0.25) is 21.8 Å². The highest BCUT2D eigenvalue weighted by atomic mass is 32.2. The van der Waals surface area contributed by atoms with E-state index >= 15 is 0 Å². The highest BCUT2D eigenvalue weighted by molar-refractivity contribution is 7.92. The van der Waals surface area contributed by atoms with Crippen LogP contribution in [0.3, 0.4) is 0 Å². The Kier molecular flexibility index (Phi) is 9.95. The third-order valence-electron chi connectivity index (χ3n) is 6.09. The number of carbonyl (C=O) groups excluding carboxylic acids is 2. The molecule has 0 heterocycles. The van der Waals surface area contributed by atoms with E-state index < -0.39 is 39.5 Å². The van der Waals surface area contributed by atoms with Crippen molar-refractivity contribution in [2.45, 2.75) is 31.8 Å². The van der Waals surface area contributed by atoms with Gasteiger partial charge in [0.1, 0.15) is 17.7 Å². The van der Waals surface area contributed by atoms with Gasteiger partial charge >= 0.3 is 0 Å². The lowest BCUT2D eigenvalue weighted by atomic mass is 10.0. The smallest absolute Gasteiger partial charge is 0.242 e. The third-order valence-corrected chi connectivity index (χ3v) is 7.27. The summed E-state index contributed by atoms with van der Waals surface area (Å²) in [6, 6.07) is 19.7. The number of anilines is 1. The fraction of sp³-hybridized carbons (Fsp3) is 0.286. The maximum atomic E-state index is 14.6. The minimum atomic E-state index is -3.83. The van der Waals surface area contributed by atoms with Crippen LogP contribution in [0.25, 0.3) is 0 Å². The van der Waals surface area contributed by atoms with Crippen molar-refractivity contribution in [1.29, 1.82) is 0 Å². The normalized spacial score (nSPS) is 12.0. The molecule has 10 heteroatoms. The van der Waals surface area contributed by atoms with E-state index in [1.807, 2.05) is 30.3 Å². The largest absolute Gasteiger partial charge is 0.357 e. The Morgan fingerprint density at radius 2 is 1.50 bits per heavy atom. The number of carbonyl (C=O) groups is 2. The van der Waals surface area contributed by atoms with E-state index in [1.165, 1.54) is 42.3 Å². The van der Waals surface area contributed by atoms with Gasteiger partial charge in [-0.25, -0.2) is 17.2 Å². The molecule has 3 rings (SSSR count). The quantitative estimate of drug-likeness (QED) is 0.376. The molecule has 0 aromatic heterocycles. The van der Waals surface area contributed by atoms with Gasteiger partial charge < -0.3 is 10.2 Å². The van der Waals surface area contributed by atoms with Crippen molar-refractivity contribution >= 4 is 27.5 Å². The molecule has 0 spiro atoms. The monoisotopic (exact) mass is 543 g/mol. The molecule has 202 valence electrons. The Bertz CT molecular complexity index is 1350. The number of rotatable bonds is 12. The Labute approximate surface area is 222 Å². The van der Waals surface area contributed by atoms with Gasteiger partial charge in [0, 0.05) is 38.5 Å². The summed E-state index contributed by atoms with van der Waals surface area (Å²) in [5.74, 6) is -2.08. The van der Waals surface area contributed by atoms with Gasteiger partial charge in [0.15, 0.2) is 0 Å². The molecule has 0 bridgehead atoms. The SMILES string of the molecule is CNC(=O)[C@@H](Cc1ccccc1)N(Cc1ccccc1F)C(=O)CCCN(c1ccccc1F)S(C)(=O)=O. The predicted molar refractivity (Wildman–Crippen MR) is 143 cm³/mol. The highest BCUT2D eigenvalue weighted by Gasteiger charge is 2.30. The first kappa shape index (κ1) is 28.8. The van der Waals surface area contributed by atoms with Crippen LogP contribution in [-0.4, -0.2) is 51.0 Å². The van der Waals surface area contributed by atoms with Crippen molar-refractivity contribution in [3.8, 4) is 0 Å². The first-order chi connectivity index (χ1) is 18.1. The number of halogens is 2. The minimum absolute atomic E-state index is 0.0554. The number of nitrogens with zero attached hydrogens (tertiary/aromatic N) is 2. The molecule has 1 N–H and O–H groups in total. The zero-order valence-corrected chi connectivity index (χ0v) is 22.1. The first-order valence-corrected chi connectivity index (χ1v) is 14.0. The van der Waals surface area contributed by atoms with Crippen LogP contribution in [0.4, 0.5) is 14.5 Å². The van der Waals surface area contributed by atoms with Crippen molar-refractivity contribution < 1.29 is 26.8 Å². The summed E-state index contributed by atoms with van der Waals surface area (Å²) in [5, 5.41) is 2.59. The van der Waals surface area contributed by atoms with E-state index in [2.05, 4.69) is 5.32 Å². The van der Waals surface area contributed by atoms with Crippen LogP contribution in [0.2, 0.25) is 0 Å². The molecule has 2 amide bonds. The number of hydrogen-bond acceptors (Lipinski definition) is 4. The molecule has 0 radical (unpaired) electrons. The predicted octanol–water partition coefficient (Wildman–Crippen LogP) is 3.90. The van der Waals surface area contributed by atoms with Gasteiger partial charge in [-0.3, -0.25) is 13.9 Å². The van der Waals surface area contributed by atoms with Crippen molar-refractivity contribution in [3.05, 3.63) is 102 Å². The number of benzene rings is 3. The molecule has 3 aromatic rings. The number of amides is 2. The van der Waals surface area contributed by atoms with Crippen LogP contribution in [0.1, 0.15) is 24.0 Å². The van der Waals surface area contributed by atoms with Crippen molar-refractivity contribution in [1.82, 2.24) is 10.2 Å². The summed E-state index contributed by atoms with van der Waals surface area (Å²) in [4.78, 5) is 27.8. The van der Waals surface area contributed by atoms with Crippen LogP contribution in [0, 0.1) is 11.6 Å². The molecule has 0 aliphatic heterocycles. The Morgan fingerprint density at radius 3 is 2.11 bits per heavy atom. The summed E-state index contributed by atoms with van der Waals surface area (Å²) in [7, 11) is -2.37. The second-order valence-electron chi connectivity index (χ2n) is 8.82. The van der Waals surface area contributed by atoms with Crippen LogP contribution in [-0.2, 0) is 32.6 Å². The molecule has 0 fully saturated rings. The average molecular weight is 544 g/mol. The van der Waals surface area contributed by atoms with Gasteiger partial charge in [0.25, 0.3) is 0 Å². The molecular weight excluding hydrogens is 512 g/mol. The lowest BCUT2D eigenvalue weighted by Crippen LogP contribution is -2.50. The average Bonchev–Trinajstić information content (AvgIpc) is 2.89. The summed E-state index contributed by atoms with van der Waals surface area (Å²) in [6.07, 6.45) is 1.08. The van der Waals surface area contributed by atoms with E-state index in [0.29, 0.717) is 0 Å². The van der Waals surface area contributed by atoms with Crippen LogP contribution < -0.4 is 9.62 Å². The van der Waals surface area contributed by atoms with E-state index in [4.69, 9.17) is 0 Å². The lowest BCUT2D eigenvalue weighted by Gasteiger charge is -2.31. The highest BCUT2D eigenvalue weighted by Crippen LogP contribution is 2.23. The van der Waals surface area contributed by atoms with Crippen molar-refractivity contribution in [2.75, 3.05) is 24.2 Å².